The molecule has 4 nitrogen and oxygen atoms in total. The van der Waals surface area contributed by atoms with Crippen LogP contribution in [0.3, 0.4) is 0 Å². The van der Waals surface area contributed by atoms with E-state index in [-0.39, 0.29) is 17.5 Å². The van der Waals surface area contributed by atoms with Gasteiger partial charge in [0.15, 0.2) is 0 Å². The van der Waals surface area contributed by atoms with Gasteiger partial charge >= 0.3 is 0 Å². The molecule has 1 heterocycles. The standard InChI is InChI=1S/C13H21NO3S2/c1-9-3-4-11(10(2)7-9)14-19(16,17)13-5-6-18-12(13)8-15/h5-6,9-11,14-15H,3-4,7-8H2,1-2H3. The Morgan fingerprint density at radius 3 is 2.79 bits per heavy atom. The lowest BCUT2D eigenvalue weighted by Gasteiger charge is -2.32. The van der Waals surface area contributed by atoms with E-state index in [2.05, 4.69) is 18.6 Å². The van der Waals surface area contributed by atoms with Crippen LogP contribution in [0.4, 0.5) is 0 Å². The van der Waals surface area contributed by atoms with Crippen LogP contribution < -0.4 is 4.72 Å². The van der Waals surface area contributed by atoms with Crippen molar-refractivity contribution in [2.45, 2.75) is 50.7 Å². The number of rotatable bonds is 4. The zero-order valence-corrected chi connectivity index (χ0v) is 12.9. The molecule has 1 aromatic rings. The maximum absolute atomic E-state index is 12.4. The number of nitrogens with one attached hydrogen (secondary N) is 1. The van der Waals surface area contributed by atoms with Gasteiger partial charge in [-0.2, -0.15) is 0 Å². The van der Waals surface area contributed by atoms with E-state index in [1.165, 1.54) is 11.3 Å². The quantitative estimate of drug-likeness (QED) is 0.897. The minimum absolute atomic E-state index is 0.00708. The Morgan fingerprint density at radius 2 is 2.16 bits per heavy atom. The highest BCUT2D eigenvalue weighted by Crippen LogP contribution is 2.30. The first-order chi connectivity index (χ1) is 8.94. The Labute approximate surface area is 118 Å². The summed E-state index contributed by atoms with van der Waals surface area (Å²) in [6, 6.07) is 1.57. The van der Waals surface area contributed by atoms with Gasteiger partial charge in [-0.1, -0.05) is 13.8 Å². The van der Waals surface area contributed by atoms with Gasteiger partial charge in [-0.25, -0.2) is 13.1 Å². The van der Waals surface area contributed by atoms with Crippen molar-refractivity contribution in [1.82, 2.24) is 4.72 Å². The average molecular weight is 303 g/mol. The molecular formula is C13H21NO3S2. The second-order valence-corrected chi connectivity index (χ2v) is 8.17. The van der Waals surface area contributed by atoms with Crippen LogP contribution in [0.2, 0.25) is 0 Å². The van der Waals surface area contributed by atoms with E-state index in [0.29, 0.717) is 16.7 Å². The summed E-state index contributed by atoms with van der Waals surface area (Å²) in [6.07, 6.45) is 3.01. The Balaban J connectivity index is 2.14. The molecule has 19 heavy (non-hydrogen) atoms. The summed E-state index contributed by atoms with van der Waals surface area (Å²) in [5, 5.41) is 10.9. The second-order valence-electron chi connectivity index (χ2n) is 5.49. The van der Waals surface area contributed by atoms with Crippen LogP contribution in [0.5, 0.6) is 0 Å². The van der Waals surface area contributed by atoms with Crippen molar-refractivity contribution in [1.29, 1.82) is 0 Å². The minimum atomic E-state index is -3.51. The summed E-state index contributed by atoms with van der Waals surface area (Å²) in [4.78, 5) is 0.732. The van der Waals surface area contributed by atoms with Gasteiger partial charge < -0.3 is 5.11 Å². The first-order valence-corrected chi connectivity index (χ1v) is 9.00. The third-order valence-electron chi connectivity index (χ3n) is 3.88. The predicted octanol–water partition coefficient (Wildman–Crippen LogP) is 2.34. The van der Waals surface area contributed by atoms with Gasteiger partial charge in [-0.3, -0.25) is 0 Å². The molecule has 3 unspecified atom stereocenters. The van der Waals surface area contributed by atoms with E-state index < -0.39 is 10.0 Å². The zero-order chi connectivity index (χ0) is 14.0. The molecule has 0 bridgehead atoms. The fourth-order valence-electron chi connectivity index (χ4n) is 2.79. The molecule has 1 aromatic heterocycles. The van der Waals surface area contributed by atoms with Crippen LogP contribution in [0.15, 0.2) is 16.3 Å². The molecule has 1 aliphatic carbocycles. The van der Waals surface area contributed by atoms with Crippen molar-refractivity contribution in [3.63, 3.8) is 0 Å². The molecule has 0 amide bonds. The summed E-state index contributed by atoms with van der Waals surface area (Å²) in [7, 11) is -3.51. The van der Waals surface area contributed by atoms with Gasteiger partial charge in [-0.05, 0) is 42.5 Å². The molecule has 2 N–H and O–H groups in total. The van der Waals surface area contributed by atoms with Gasteiger partial charge in [0.1, 0.15) is 0 Å². The Bertz CT molecular complexity index is 524. The maximum Gasteiger partial charge on any atom is 0.242 e. The van der Waals surface area contributed by atoms with Gasteiger partial charge in [0.05, 0.1) is 11.5 Å². The summed E-state index contributed by atoms with van der Waals surface area (Å²) >= 11 is 1.27. The number of sulfonamides is 1. The van der Waals surface area contributed by atoms with Crippen LogP contribution in [0.25, 0.3) is 0 Å². The molecule has 0 saturated heterocycles. The lowest BCUT2D eigenvalue weighted by Crippen LogP contribution is -2.42. The van der Waals surface area contributed by atoms with Crippen LogP contribution in [-0.2, 0) is 16.6 Å². The van der Waals surface area contributed by atoms with Crippen molar-refractivity contribution >= 4 is 21.4 Å². The van der Waals surface area contributed by atoms with Gasteiger partial charge in [-0.15, -0.1) is 11.3 Å². The molecule has 0 spiro atoms. The Hall–Kier alpha value is -0.430. The van der Waals surface area contributed by atoms with E-state index in [9.17, 15) is 13.5 Å². The first kappa shape index (κ1) is 15.0. The number of aliphatic hydroxyl groups is 1. The van der Waals surface area contributed by atoms with Crippen LogP contribution in [-0.4, -0.2) is 19.6 Å². The monoisotopic (exact) mass is 303 g/mol. The Morgan fingerprint density at radius 1 is 1.42 bits per heavy atom. The molecular weight excluding hydrogens is 282 g/mol. The van der Waals surface area contributed by atoms with Crippen LogP contribution in [0, 0.1) is 11.8 Å². The van der Waals surface area contributed by atoms with Crippen molar-refractivity contribution in [3.05, 3.63) is 16.3 Å². The number of hydrogen-bond acceptors (Lipinski definition) is 4. The molecule has 3 atom stereocenters. The summed E-state index contributed by atoms with van der Waals surface area (Å²) in [6.45, 7) is 4.08. The van der Waals surface area contributed by atoms with E-state index in [1.807, 2.05) is 0 Å². The zero-order valence-electron chi connectivity index (χ0n) is 11.3. The molecule has 0 aliphatic heterocycles. The van der Waals surface area contributed by atoms with E-state index in [4.69, 9.17) is 0 Å². The van der Waals surface area contributed by atoms with Crippen molar-refractivity contribution in [2.75, 3.05) is 0 Å². The minimum Gasteiger partial charge on any atom is -0.391 e. The average Bonchev–Trinajstić information content (AvgIpc) is 2.82. The molecule has 108 valence electrons. The molecule has 2 rings (SSSR count). The first-order valence-electron chi connectivity index (χ1n) is 6.63. The van der Waals surface area contributed by atoms with E-state index in [1.54, 1.807) is 11.4 Å². The summed E-state index contributed by atoms with van der Waals surface area (Å²) in [5.74, 6) is 1.03. The van der Waals surface area contributed by atoms with Gasteiger partial charge in [0, 0.05) is 10.9 Å². The topological polar surface area (TPSA) is 66.4 Å². The fourth-order valence-corrected chi connectivity index (χ4v) is 5.46. The molecule has 0 aromatic carbocycles. The summed E-state index contributed by atoms with van der Waals surface area (Å²) in [5.41, 5.74) is 0. The maximum atomic E-state index is 12.4. The molecule has 1 saturated carbocycles. The third kappa shape index (κ3) is 3.37. The highest BCUT2D eigenvalue weighted by Gasteiger charge is 2.30. The predicted molar refractivity (Wildman–Crippen MR) is 76.5 cm³/mol. The number of thiophene rings is 1. The van der Waals surface area contributed by atoms with Gasteiger partial charge in [0.2, 0.25) is 10.0 Å². The van der Waals surface area contributed by atoms with Crippen molar-refractivity contribution in [3.8, 4) is 0 Å². The Kier molecular flexibility index (Phi) is 4.66. The summed E-state index contributed by atoms with van der Waals surface area (Å²) < 4.78 is 27.5. The van der Waals surface area contributed by atoms with E-state index >= 15 is 0 Å². The second kappa shape index (κ2) is 5.91. The highest BCUT2D eigenvalue weighted by atomic mass is 32.2. The largest absolute Gasteiger partial charge is 0.391 e. The fraction of sp³-hybridized carbons (Fsp3) is 0.692. The van der Waals surface area contributed by atoms with Crippen molar-refractivity contribution in [2.24, 2.45) is 11.8 Å². The number of hydrogen-bond donors (Lipinski definition) is 2. The smallest absolute Gasteiger partial charge is 0.242 e. The van der Waals surface area contributed by atoms with E-state index in [0.717, 1.165) is 19.3 Å². The third-order valence-corrected chi connectivity index (χ3v) is 6.49. The molecule has 0 radical (unpaired) electrons. The normalized spacial score (nSPS) is 28.5. The molecule has 1 fully saturated rings. The highest BCUT2D eigenvalue weighted by molar-refractivity contribution is 7.89. The van der Waals surface area contributed by atoms with Crippen LogP contribution in [0.1, 0.15) is 38.0 Å². The number of aliphatic hydroxyl groups excluding tert-OH is 1. The molecule has 1 aliphatic rings. The van der Waals surface area contributed by atoms with Gasteiger partial charge in [0.25, 0.3) is 0 Å². The van der Waals surface area contributed by atoms with Crippen molar-refractivity contribution < 1.29 is 13.5 Å². The SMILES string of the molecule is CC1CCC(NS(=O)(=O)c2ccsc2CO)C(C)C1. The molecule has 6 heteroatoms. The lowest BCUT2D eigenvalue weighted by atomic mass is 9.80. The van der Waals surface area contributed by atoms with Crippen LogP contribution >= 0.6 is 11.3 Å². The lowest BCUT2D eigenvalue weighted by molar-refractivity contribution is 0.249.